The number of rotatable bonds is 6. The van der Waals surface area contributed by atoms with E-state index in [1.807, 2.05) is 13.2 Å². The lowest BCUT2D eigenvalue weighted by Gasteiger charge is -2.64. The first-order chi connectivity index (χ1) is 17.2. The van der Waals surface area contributed by atoms with E-state index in [4.69, 9.17) is 23.4 Å². The fourth-order valence-electron chi connectivity index (χ4n) is 8.01. The Kier molecular flexibility index (Phi) is 4.14. The van der Waals surface area contributed by atoms with Crippen LogP contribution < -0.4 is 9.47 Å². The van der Waals surface area contributed by atoms with Gasteiger partial charge in [0.2, 0.25) is 0 Å². The molecule has 2 aliphatic heterocycles. The van der Waals surface area contributed by atoms with Crippen LogP contribution in [0.15, 0.2) is 40.8 Å². The van der Waals surface area contributed by atoms with Crippen LogP contribution in [0, 0.1) is 5.92 Å². The molecule has 1 aromatic heterocycles. The first-order valence-electron chi connectivity index (χ1n) is 12.9. The fraction of sp³-hybridized carbons (Fsp3) is 0.517. The summed E-state index contributed by atoms with van der Waals surface area (Å²) in [4.78, 5) is 2.74. The van der Waals surface area contributed by atoms with Crippen LogP contribution in [0.1, 0.15) is 47.8 Å². The van der Waals surface area contributed by atoms with Gasteiger partial charge in [-0.2, -0.15) is 0 Å². The van der Waals surface area contributed by atoms with Gasteiger partial charge < -0.3 is 23.4 Å². The number of hydrogen-bond acceptors (Lipinski definition) is 6. The van der Waals surface area contributed by atoms with Gasteiger partial charge in [0, 0.05) is 49.7 Å². The van der Waals surface area contributed by atoms with Crippen LogP contribution >= 0.6 is 0 Å². The summed E-state index contributed by atoms with van der Waals surface area (Å²) in [6, 6.07) is 13.0. The van der Waals surface area contributed by atoms with E-state index < -0.39 is 0 Å². The Morgan fingerprint density at radius 2 is 2.00 bits per heavy atom. The molecular weight excluding hydrogens is 442 g/mol. The van der Waals surface area contributed by atoms with Gasteiger partial charge in [-0.15, -0.1) is 0 Å². The molecule has 3 aliphatic carbocycles. The van der Waals surface area contributed by atoms with E-state index in [1.165, 1.54) is 41.5 Å². The summed E-state index contributed by atoms with van der Waals surface area (Å²) in [5.41, 5.74) is 4.14. The molecule has 35 heavy (non-hydrogen) atoms. The molecule has 5 aliphatic rings. The number of piperidine rings is 1. The summed E-state index contributed by atoms with van der Waals surface area (Å²) >= 11 is 0. The van der Waals surface area contributed by atoms with Gasteiger partial charge in [0.15, 0.2) is 24.4 Å². The second-order valence-corrected chi connectivity index (χ2v) is 11.1. The number of methoxy groups -OCH3 is 2. The van der Waals surface area contributed by atoms with E-state index in [-0.39, 0.29) is 23.9 Å². The summed E-state index contributed by atoms with van der Waals surface area (Å²) in [6.45, 7) is 2.42. The minimum atomic E-state index is -0.386. The summed E-state index contributed by atoms with van der Waals surface area (Å²) in [5, 5.41) is 1.18. The minimum absolute atomic E-state index is 0.190. The molecule has 1 spiro atoms. The largest absolute Gasteiger partial charge is 0.477 e. The third-order valence-electron chi connectivity index (χ3n) is 9.57. The zero-order chi connectivity index (χ0) is 23.4. The lowest BCUT2D eigenvalue weighted by Crippen LogP contribution is -2.75. The van der Waals surface area contributed by atoms with Gasteiger partial charge >= 0.3 is 0 Å². The number of furan rings is 1. The van der Waals surface area contributed by atoms with Crippen molar-refractivity contribution >= 4 is 11.0 Å². The molecule has 2 aromatic carbocycles. The highest BCUT2D eigenvalue weighted by molar-refractivity contribution is 5.84. The molecule has 0 N–H and O–H groups in total. The number of benzene rings is 2. The molecule has 0 amide bonds. The highest BCUT2D eigenvalue weighted by Gasteiger charge is 2.74. The molecule has 3 heterocycles. The number of nitrogens with zero attached hydrogens (tertiary/aromatic N) is 1. The van der Waals surface area contributed by atoms with Crippen LogP contribution in [0.4, 0.5) is 0 Å². The Labute approximate surface area is 205 Å². The van der Waals surface area contributed by atoms with Crippen molar-refractivity contribution in [3.05, 3.63) is 58.8 Å². The van der Waals surface area contributed by atoms with Gasteiger partial charge in [-0.3, -0.25) is 4.90 Å². The predicted octanol–water partition coefficient (Wildman–Crippen LogP) is 4.77. The molecular formula is C29H31NO5. The summed E-state index contributed by atoms with van der Waals surface area (Å²) in [5.74, 6) is 3.41. The Morgan fingerprint density at radius 1 is 1.11 bits per heavy atom. The lowest BCUT2D eigenvalue weighted by molar-refractivity contribution is -0.193. The third-order valence-corrected chi connectivity index (χ3v) is 9.57. The molecule has 8 rings (SSSR count). The maximum absolute atomic E-state index is 6.95. The van der Waals surface area contributed by atoms with Crippen molar-refractivity contribution in [1.82, 2.24) is 4.90 Å². The van der Waals surface area contributed by atoms with Gasteiger partial charge in [0.25, 0.3) is 0 Å². The third kappa shape index (κ3) is 2.45. The Morgan fingerprint density at radius 3 is 2.83 bits per heavy atom. The number of para-hydroxylation sites is 1. The average Bonchev–Trinajstić information content (AvgIpc) is 3.52. The lowest BCUT2D eigenvalue weighted by atomic mass is 9.49. The maximum atomic E-state index is 6.95. The van der Waals surface area contributed by atoms with Gasteiger partial charge in [0.1, 0.15) is 16.9 Å². The molecule has 6 heteroatoms. The SMILES string of the molecule is COCOc1ccc2c3c1O[C@H]1c4oc5ccccc5c4C[C@@]4(OC)[C@@H](C2)N(CC2CC2)CC[C@]314. The summed E-state index contributed by atoms with van der Waals surface area (Å²) < 4.78 is 31.6. The van der Waals surface area contributed by atoms with Crippen molar-refractivity contribution in [2.75, 3.05) is 34.1 Å². The zero-order valence-electron chi connectivity index (χ0n) is 20.3. The second kappa shape index (κ2) is 7.02. The van der Waals surface area contributed by atoms with Crippen molar-refractivity contribution in [2.45, 2.75) is 55.3 Å². The maximum Gasteiger partial charge on any atom is 0.188 e. The van der Waals surface area contributed by atoms with E-state index in [9.17, 15) is 0 Å². The van der Waals surface area contributed by atoms with Crippen molar-refractivity contribution < 1.29 is 23.4 Å². The van der Waals surface area contributed by atoms with Crippen molar-refractivity contribution in [3.8, 4) is 11.5 Å². The standard InChI is InChI=1S/C29H31NO5/c1-31-16-33-22-10-9-18-13-23-29(32-2)14-20-19-5-3-4-6-21(19)34-25(20)27-28(29,24(18)26(22)35-27)11-12-30(23)15-17-7-8-17/h3-6,9-10,17,23,27H,7-8,11-16H2,1-2H3/t23-,27+,28+,29-/m1/s1. The molecule has 182 valence electrons. The van der Waals surface area contributed by atoms with E-state index in [1.54, 1.807) is 7.11 Å². The minimum Gasteiger partial charge on any atom is -0.477 e. The molecule has 1 saturated carbocycles. The van der Waals surface area contributed by atoms with Crippen molar-refractivity contribution in [2.24, 2.45) is 5.92 Å². The Hall–Kier alpha value is -2.54. The highest BCUT2D eigenvalue weighted by Crippen LogP contribution is 2.70. The molecule has 2 fully saturated rings. The smallest absolute Gasteiger partial charge is 0.188 e. The van der Waals surface area contributed by atoms with Crippen LogP contribution in [0.3, 0.4) is 0 Å². The fourth-order valence-corrected chi connectivity index (χ4v) is 8.01. The van der Waals surface area contributed by atoms with Crippen molar-refractivity contribution in [3.63, 3.8) is 0 Å². The monoisotopic (exact) mass is 473 g/mol. The summed E-state index contributed by atoms with van der Waals surface area (Å²) in [7, 11) is 3.57. The van der Waals surface area contributed by atoms with E-state index >= 15 is 0 Å². The van der Waals surface area contributed by atoms with Gasteiger partial charge in [-0.05, 0) is 55.8 Å². The topological polar surface area (TPSA) is 53.3 Å². The number of likely N-dealkylation sites (tertiary alicyclic amines) is 1. The van der Waals surface area contributed by atoms with E-state index in [0.29, 0.717) is 6.04 Å². The molecule has 6 nitrogen and oxygen atoms in total. The predicted molar refractivity (Wildman–Crippen MR) is 130 cm³/mol. The molecule has 3 aromatic rings. The number of fused-ring (bicyclic) bond motifs is 4. The van der Waals surface area contributed by atoms with Crippen LogP contribution in [0.2, 0.25) is 0 Å². The van der Waals surface area contributed by atoms with Crippen LogP contribution in [-0.4, -0.2) is 50.6 Å². The first kappa shape index (κ1) is 20.6. The molecule has 0 radical (unpaired) electrons. The average molecular weight is 474 g/mol. The molecule has 4 atom stereocenters. The van der Waals surface area contributed by atoms with Crippen LogP contribution in [0.5, 0.6) is 11.5 Å². The summed E-state index contributed by atoms with van der Waals surface area (Å²) in [6.07, 6.45) is 5.28. The first-order valence-corrected chi connectivity index (χ1v) is 12.9. The van der Waals surface area contributed by atoms with E-state index in [0.717, 1.165) is 54.6 Å². The Bertz CT molecular complexity index is 1340. The number of ether oxygens (including phenoxy) is 4. The second-order valence-electron chi connectivity index (χ2n) is 11.1. The Balaban J connectivity index is 1.40. The van der Waals surface area contributed by atoms with E-state index in [2.05, 4.69) is 35.2 Å². The van der Waals surface area contributed by atoms with Crippen LogP contribution in [0.25, 0.3) is 11.0 Å². The van der Waals surface area contributed by atoms with Crippen molar-refractivity contribution in [1.29, 1.82) is 0 Å². The van der Waals surface area contributed by atoms with Crippen LogP contribution in [-0.2, 0) is 27.7 Å². The highest BCUT2D eigenvalue weighted by atomic mass is 16.7. The van der Waals surface area contributed by atoms with Gasteiger partial charge in [0.05, 0.1) is 5.41 Å². The quantitative estimate of drug-likeness (QED) is 0.481. The van der Waals surface area contributed by atoms with Gasteiger partial charge in [-0.1, -0.05) is 24.3 Å². The molecule has 2 bridgehead atoms. The normalized spacial score (nSPS) is 32.3. The zero-order valence-corrected chi connectivity index (χ0v) is 20.3. The van der Waals surface area contributed by atoms with Gasteiger partial charge in [-0.25, -0.2) is 0 Å². The number of hydrogen-bond donors (Lipinski definition) is 0. The molecule has 1 saturated heterocycles. The molecule has 0 unspecified atom stereocenters.